The second kappa shape index (κ2) is 32.9. The third kappa shape index (κ3) is 17.5. The third-order valence-corrected chi connectivity index (χ3v) is 21.4. The minimum atomic E-state index is -1.32. The fourth-order valence-electron chi connectivity index (χ4n) is 10.7. The zero-order chi connectivity index (χ0) is 68.9. The average molecular weight is 1440 g/mol. The molecule has 10 rings (SSSR count). The quantitative estimate of drug-likeness (QED) is 0.0250. The summed E-state index contributed by atoms with van der Waals surface area (Å²) in [6.07, 6.45) is 0.532. The molecule has 1 saturated carbocycles. The number of thiazole rings is 6. The van der Waals surface area contributed by atoms with Crippen LogP contribution in [0.3, 0.4) is 0 Å². The Kier molecular flexibility index (Phi) is 24.0. The number of hydrogen-bond donors (Lipinski definition) is 6. The van der Waals surface area contributed by atoms with Gasteiger partial charge in [0.25, 0.3) is 17.7 Å². The summed E-state index contributed by atoms with van der Waals surface area (Å²) in [5.74, 6) is -5.12. The summed E-state index contributed by atoms with van der Waals surface area (Å²) < 4.78 is 26.3. The highest BCUT2D eigenvalue weighted by Crippen LogP contribution is 2.41. The van der Waals surface area contributed by atoms with Crippen LogP contribution in [0.25, 0.3) is 43.4 Å². The molecular weight excluding hydrogens is 1370 g/mol. The summed E-state index contributed by atoms with van der Waals surface area (Å²) in [6, 6.07) is 9.99. The smallest absolute Gasteiger partial charge is 0.415 e. The molecule has 510 valence electrons. The van der Waals surface area contributed by atoms with E-state index in [2.05, 4.69) is 36.6 Å². The van der Waals surface area contributed by atoms with Crippen molar-refractivity contribution in [3.05, 3.63) is 106 Å². The number of amides is 6. The minimum absolute atomic E-state index is 0.0184. The first-order valence-electron chi connectivity index (χ1n) is 30.5. The average Bonchev–Trinajstić information content (AvgIpc) is 1.68. The highest BCUT2D eigenvalue weighted by Gasteiger charge is 2.34. The van der Waals surface area contributed by atoms with Crippen molar-refractivity contribution in [1.29, 1.82) is 0 Å². The molecule has 1 fully saturated rings. The number of fused-ring (bicyclic) bond motifs is 14. The van der Waals surface area contributed by atoms with Gasteiger partial charge in [-0.15, -0.1) is 56.7 Å². The first-order chi connectivity index (χ1) is 46.8. The van der Waals surface area contributed by atoms with Crippen molar-refractivity contribution in [3.8, 4) is 43.4 Å². The fourth-order valence-corrected chi connectivity index (χ4v) is 15.9. The number of carbonyl (C=O) groups is 9. The molecule has 10 bridgehead atoms. The van der Waals surface area contributed by atoms with Gasteiger partial charge in [-0.05, 0) is 69.6 Å². The Labute approximate surface area is 579 Å². The summed E-state index contributed by atoms with van der Waals surface area (Å²) in [5, 5.41) is 34.1. The van der Waals surface area contributed by atoms with Crippen LogP contribution in [-0.2, 0) is 54.3 Å². The lowest BCUT2D eigenvalue weighted by Gasteiger charge is -2.29. The van der Waals surface area contributed by atoms with E-state index in [9.17, 15) is 48.3 Å². The summed E-state index contributed by atoms with van der Waals surface area (Å²) in [7, 11) is 6.77. The third-order valence-electron chi connectivity index (χ3n) is 15.8. The molecule has 2 aliphatic rings. The second-order valence-corrected chi connectivity index (χ2v) is 28.0. The number of aliphatic hydroxyl groups excluding tert-OH is 1. The van der Waals surface area contributed by atoms with Crippen LogP contribution in [0.15, 0.2) is 64.0 Å². The molecule has 1 unspecified atom stereocenters. The number of ether oxygens (including phenoxy) is 5. The normalized spacial score (nSPS) is 17.3. The van der Waals surface area contributed by atoms with Gasteiger partial charge >= 0.3 is 24.0 Å². The molecule has 1 aliphatic carbocycles. The number of hydrogen-bond acceptors (Lipinski definition) is 28. The van der Waals surface area contributed by atoms with Crippen molar-refractivity contribution < 1.29 is 71.9 Å². The van der Waals surface area contributed by atoms with Gasteiger partial charge < -0.3 is 50.1 Å². The van der Waals surface area contributed by atoms with Gasteiger partial charge in [0, 0.05) is 59.1 Å². The van der Waals surface area contributed by atoms with Crippen LogP contribution in [0.5, 0.6) is 0 Å². The lowest BCUT2D eigenvalue weighted by Crippen LogP contribution is -2.40. The van der Waals surface area contributed by atoms with Crippen molar-refractivity contribution in [2.75, 3.05) is 58.8 Å². The van der Waals surface area contributed by atoms with E-state index in [0.29, 0.717) is 109 Å². The van der Waals surface area contributed by atoms with Crippen LogP contribution in [0, 0.1) is 18.8 Å². The van der Waals surface area contributed by atoms with Gasteiger partial charge in [0.1, 0.15) is 83.3 Å². The first-order valence-corrected chi connectivity index (χ1v) is 35.6. The SMILES string of the molecule is CNC(=O)C[C@@H]1NC(=O)c2csc(n2)-c2ccc(-c3nc(N(CCCCC(CCC(=O)OC)C(=O)OC)C(=O)OC4CCC(C(=O)OC)CC4)cs3)nc2-c2csc(n2)-c2csc(n2)[C@H]([C@@H](O)c2ccccc2)NC(=O)CNC(=O)c2nc(sc2COC)NC(=O)c2nc1sc2C. The summed E-state index contributed by atoms with van der Waals surface area (Å²) in [4.78, 5) is 157. The van der Waals surface area contributed by atoms with E-state index >= 15 is 0 Å². The van der Waals surface area contributed by atoms with Crippen LogP contribution in [-0.4, -0.2) is 148 Å². The number of anilines is 2. The molecule has 34 heteroatoms. The molecule has 8 heterocycles. The van der Waals surface area contributed by atoms with E-state index in [1.165, 1.54) is 63.1 Å². The number of aromatic nitrogens is 7. The van der Waals surface area contributed by atoms with E-state index in [4.69, 9.17) is 48.6 Å². The van der Waals surface area contributed by atoms with Crippen molar-refractivity contribution in [2.24, 2.45) is 11.8 Å². The zero-order valence-electron chi connectivity index (χ0n) is 53.2. The number of carbonyl (C=O) groups excluding carboxylic acids is 9. The summed E-state index contributed by atoms with van der Waals surface area (Å²) in [5.41, 5.74) is 2.18. The van der Waals surface area contributed by atoms with Crippen LogP contribution in [0.4, 0.5) is 15.7 Å². The number of benzene rings is 1. The number of pyridine rings is 1. The van der Waals surface area contributed by atoms with Gasteiger partial charge in [0.05, 0.1) is 69.4 Å². The van der Waals surface area contributed by atoms with Crippen molar-refractivity contribution in [2.45, 2.75) is 102 Å². The highest BCUT2D eigenvalue weighted by molar-refractivity contribution is 7.16. The van der Waals surface area contributed by atoms with Gasteiger partial charge in [0.2, 0.25) is 11.8 Å². The maximum atomic E-state index is 14.4. The number of nitrogens with zero attached hydrogens (tertiary/aromatic N) is 8. The molecule has 0 saturated heterocycles. The summed E-state index contributed by atoms with van der Waals surface area (Å²) in [6.45, 7) is 1.15. The Morgan fingerprint density at radius 2 is 1.42 bits per heavy atom. The molecule has 6 N–H and O–H groups in total. The minimum Gasteiger partial charge on any atom is -0.469 e. The van der Waals surface area contributed by atoms with E-state index in [-0.39, 0.29) is 77.3 Å². The Balaban J connectivity index is 1.01. The van der Waals surface area contributed by atoms with Crippen LogP contribution < -0.4 is 31.5 Å². The van der Waals surface area contributed by atoms with Crippen LogP contribution in [0.2, 0.25) is 0 Å². The molecule has 8 aromatic rings. The maximum absolute atomic E-state index is 14.4. The monoisotopic (exact) mass is 1440 g/mol. The number of unbranched alkanes of at least 4 members (excludes halogenated alkanes) is 1. The lowest BCUT2D eigenvalue weighted by atomic mass is 9.87. The molecule has 0 spiro atoms. The van der Waals surface area contributed by atoms with Crippen molar-refractivity contribution in [1.82, 2.24) is 56.2 Å². The predicted octanol–water partition coefficient (Wildman–Crippen LogP) is 9.02. The number of aliphatic hydroxyl groups is 1. The van der Waals surface area contributed by atoms with Crippen LogP contribution >= 0.6 is 68.0 Å². The molecule has 1 aliphatic heterocycles. The topological polar surface area (TPSA) is 374 Å². The number of aryl methyl sites for hydroxylation is 1. The largest absolute Gasteiger partial charge is 0.469 e. The van der Waals surface area contributed by atoms with Gasteiger partial charge in [-0.1, -0.05) is 48.1 Å². The maximum Gasteiger partial charge on any atom is 0.415 e. The number of methoxy groups -OCH3 is 4. The molecular formula is C63H67N13O15S6. The fraction of sp³-hybridized carbons (Fsp3) is 0.397. The lowest BCUT2D eigenvalue weighted by molar-refractivity contribution is -0.148. The molecule has 0 radical (unpaired) electrons. The number of rotatable bonds is 19. The Bertz CT molecular complexity index is 4180. The first kappa shape index (κ1) is 70.9. The number of esters is 3. The van der Waals surface area contributed by atoms with Gasteiger partial charge in [-0.2, -0.15) is 0 Å². The Morgan fingerprint density at radius 3 is 2.16 bits per heavy atom. The molecule has 1 aromatic carbocycles. The van der Waals surface area contributed by atoms with Gasteiger partial charge in [-0.25, -0.2) is 39.7 Å². The highest BCUT2D eigenvalue weighted by atomic mass is 32.1. The Morgan fingerprint density at radius 1 is 0.691 bits per heavy atom. The second-order valence-electron chi connectivity index (χ2n) is 22.2. The molecule has 28 nitrogen and oxygen atoms in total. The van der Waals surface area contributed by atoms with Crippen molar-refractivity contribution in [3.63, 3.8) is 0 Å². The van der Waals surface area contributed by atoms with Gasteiger partial charge in [0.15, 0.2) is 5.13 Å². The van der Waals surface area contributed by atoms with E-state index in [1.807, 2.05) is 0 Å². The summed E-state index contributed by atoms with van der Waals surface area (Å²) >= 11 is 6.80. The molecule has 4 atom stereocenters. The van der Waals surface area contributed by atoms with Crippen molar-refractivity contribution >= 4 is 133 Å². The predicted molar refractivity (Wildman–Crippen MR) is 362 cm³/mol. The van der Waals surface area contributed by atoms with E-state index in [1.54, 1.807) is 70.9 Å². The van der Waals surface area contributed by atoms with E-state index < -0.39 is 84.3 Å². The van der Waals surface area contributed by atoms with E-state index in [0.717, 1.165) is 45.3 Å². The van der Waals surface area contributed by atoms with Crippen LogP contribution in [0.1, 0.15) is 139 Å². The number of nitrogens with one attached hydrogen (secondary N) is 5. The Hall–Kier alpha value is -8.90. The zero-order valence-corrected chi connectivity index (χ0v) is 58.1. The molecule has 97 heavy (non-hydrogen) atoms. The van der Waals surface area contributed by atoms with Gasteiger partial charge in [-0.3, -0.25) is 48.6 Å². The molecule has 6 amide bonds. The molecule has 7 aromatic heterocycles. The standard InChI is InChI=1S/C63H67N13O15S6/c1-31-47-54(83)75-62-74-49(42(97-62)26-87-3)53(82)65-25-45(78)72-50(51(80)32-12-8-7-9-13-32)59-70-41(29-94-59)57-68-39(27-93-57)48-36(55-69-40(28-92-55)52(81)67-38(24-44(77)64-2)58(73-47)96-31)20-21-37(66-48)56-71-43(30-95-56)76(63(86)91-35-18-15-34(16-19-35)61(85)90-6)23-11-10-14-33(60(84)89-5)17-22-46(79)88-4/h7-9,12-13,20-21,27-30,33-35,38,50-51,80H,10-11,14-19,22-26H2,1-6H3,(H,64,77)(H,65,82)(H,67,81)(H,72,78)(H,74,75,83)/t33?,34?,35?,38-,50-,51-/m0/s1.